The smallest absolute Gasteiger partial charge is 0.415 e. The van der Waals surface area contributed by atoms with E-state index in [0.29, 0.717) is 6.42 Å². The Kier molecular flexibility index (Phi) is 7.38. The van der Waals surface area contributed by atoms with Crippen molar-refractivity contribution in [3.63, 3.8) is 0 Å². The molecule has 0 aliphatic carbocycles. The van der Waals surface area contributed by atoms with Crippen molar-refractivity contribution in [2.24, 2.45) is 0 Å². The number of hydrogen-bond acceptors (Lipinski definition) is 5. The quantitative estimate of drug-likeness (QED) is 0.814. The Morgan fingerprint density at radius 1 is 1.09 bits per heavy atom. The van der Waals surface area contributed by atoms with Gasteiger partial charge in [0.05, 0.1) is 0 Å². The van der Waals surface area contributed by atoms with Crippen molar-refractivity contribution in [2.45, 2.75) is 59.2 Å². The fourth-order valence-corrected chi connectivity index (χ4v) is 1.37. The van der Waals surface area contributed by atoms with E-state index in [9.17, 15) is 9.59 Å². The Morgan fingerprint density at radius 2 is 1.59 bits per heavy atom. The zero-order valence-electron chi connectivity index (χ0n) is 14.4. The van der Waals surface area contributed by atoms with Gasteiger partial charge >= 0.3 is 12.2 Å². The van der Waals surface area contributed by atoms with E-state index in [1.54, 1.807) is 41.5 Å². The third-order valence-corrected chi connectivity index (χ3v) is 2.12. The zero-order valence-corrected chi connectivity index (χ0v) is 14.4. The largest absolute Gasteiger partial charge is 0.444 e. The molecule has 0 bridgehead atoms. The molecule has 0 aromatic carbocycles. The van der Waals surface area contributed by atoms with Crippen molar-refractivity contribution in [1.82, 2.24) is 10.2 Å². The summed E-state index contributed by atoms with van der Waals surface area (Å²) in [4.78, 5) is 25.0. The minimum atomic E-state index is -0.713. The molecule has 22 heavy (non-hydrogen) atoms. The van der Waals surface area contributed by atoms with Crippen LogP contribution < -0.4 is 5.32 Å². The van der Waals surface area contributed by atoms with Gasteiger partial charge in [0.15, 0.2) is 0 Å². The summed E-state index contributed by atoms with van der Waals surface area (Å²) in [6.07, 6.45) is -1.04. The van der Waals surface area contributed by atoms with Gasteiger partial charge in [-0.2, -0.15) is 0 Å². The SMILES string of the molecule is C=C(NC(=O)OC(C)(C)C)N(CCCO)C(=O)OC(C)(C)C. The van der Waals surface area contributed by atoms with Gasteiger partial charge in [-0.1, -0.05) is 6.58 Å². The number of rotatable bonds is 5. The first-order valence-electron chi connectivity index (χ1n) is 7.16. The Hall–Kier alpha value is -1.76. The molecule has 0 fully saturated rings. The van der Waals surface area contributed by atoms with E-state index in [0.717, 1.165) is 4.90 Å². The second-order valence-electron chi connectivity index (χ2n) is 6.78. The maximum Gasteiger partial charge on any atom is 0.415 e. The molecule has 0 atom stereocenters. The first kappa shape index (κ1) is 20.2. The van der Waals surface area contributed by atoms with Crippen LogP contribution in [0.3, 0.4) is 0 Å². The maximum absolute atomic E-state index is 12.1. The summed E-state index contributed by atoms with van der Waals surface area (Å²) < 4.78 is 10.4. The lowest BCUT2D eigenvalue weighted by Crippen LogP contribution is -2.43. The predicted molar refractivity (Wildman–Crippen MR) is 83.2 cm³/mol. The number of aliphatic hydroxyl groups is 1. The van der Waals surface area contributed by atoms with Crippen LogP contribution in [0.5, 0.6) is 0 Å². The minimum absolute atomic E-state index is 0.0388. The number of carbonyl (C=O) groups is 2. The molecule has 0 unspecified atom stereocenters. The lowest BCUT2D eigenvalue weighted by molar-refractivity contribution is 0.0279. The highest BCUT2D eigenvalue weighted by Gasteiger charge is 2.25. The number of carbonyl (C=O) groups excluding carboxylic acids is 2. The number of amides is 2. The minimum Gasteiger partial charge on any atom is -0.444 e. The third-order valence-electron chi connectivity index (χ3n) is 2.12. The summed E-state index contributed by atoms with van der Waals surface area (Å²) in [5, 5.41) is 11.3. The van der Waals surface area contributed by atoms with Gasteiger partial charge in [-0.3, -0.25) is 10.2 Å². The summed E-state index contributed by atoms with van der Waals surface area (Å²) >= 11 is 0. The van der Waals surface area contributed by atoms with Crippen LogP contribution in [0.1, 0.15) is 48.0 Å². The number of nitrogens with one attached hydrogen (secondary N) is 1. The Labute approximate surface area is 132 Å². The van der Waals surface area contributed by atoms with Crippen molar-refractivity contribution in [1.29, 1.82) is 0 Å². The molecule has 0 aliphatic rings. The van der Waals surface area contributed by atoms with Crippen LogP contribution >= 0.6 is 0 Å². The van der Waals surface area contributed by atoms with Crippen molar-refractivity contribution < 1.29 is 24.2 Å². The summed E-state index contributed by atoms with van der Waals surface area (Å²) in [5.74, 6) is 0.0388. The molecule has 128 valence electrons. The second kappa shape index (κ2) is 8.03. The highest BCUT2D eigenvalue weighted by Crippen LogP contribution is 2.13. The van der Waals surface area contributed by atoms with Crippen molar-refractivity contribution in [2.75, 3.05) is 13.2 Å². The fraction of sp³-hybridized carbons (Fsp3) is 0.733. The molecule has 7 heteroatoms. The molecule has 0 saturated carbocycles. The van der Waals surface area contributed by atoms with Gasteiger partial charge in [0.1, 0.15) is 17.0 Å². The molecular weight excluding hydrogens is 288 g/mol. The highest BCUT2D eigenvalue weighted by molar-refractivity contribution is 5.74. The predicted octanol–water partition coefficient (Wildman–Crippen LogP) is 2.60. The topological polar surface area (TPSA) is 88.1 Å². The first-order valence-corrected chi connectivity index (χ1v) is 7.16. The summed E-state index contributed by atoms with van der Waals surface area (Å²) in [5.41, 5.74) is -1.34. The molecule has 0 rings (SSSR count). The van der Waals surface area contributed by atoms with Crippen molar-refractivity contribution in [3.05, 3.63) is 12.4 Å². The van der Waals surface area contributed by atoms with Gasteiger partial charge in [0, 0.05) is 13.2 Å². The number of hydrogen-bond donors (Lipinski definition) is 2. The molecule has 0 aromatic heterocycles. The van der Waals surface area contributed by atoms with Crippen LogP contribution in [-0.4, -0.2) is 46.5 Å². The molecule has 2 amide bonds. The van der Waals surface area contributed by atoms with Crippen LogP contribution in [-0.2, 0) is 9.47 Å². The first-order chi connectivity index (χ1) is 9.85. The third kappa shape index (κ3) is 9.23. The molecule has 7 nitrogen and oxygen atoms in total. The van der Waals surface area contributed by atoms with E-state index >= 15 is 0 Å². The fourth-order valence-electron chi connectivity index (χ4n) is 1.37. The molecule has 0 heterocycles. The average Bonchev–Trinajstić information content (AvgIpc) is 2.23. The van der Waals surface area contributed by atoms with E-state index in [-0.39, 0.29) is 19.0 Å². The number of nitrogens with zero attached hydrogens (tertiary/aromatic N) is 1. The van der Waals surface area contributed by atoms with Gasteiger partial charge in [-0.15, -0.1) is 0 Å². The molecular formula is C15H28N2O5. The Bertz CT molecular complexity index is 407. The van der Waals surface area contributed by atoms with Crippen molar-refractivity contribution >= 4 is 12.2 Å². The monoisotopic (exact) mass is 316 g/mol. The molecule has 0 spiro atoms. The average molecular weight is 316 g/mol. The van der Waals surface area contributed by atoms with Crippen LogP contribution in [0.4, 0.5) is 9.59 Å². The van der Waals surface area contributed by atoms with E-state index in [2.05, 4.69) is 11.9 Å². The molecule has 2 N–H and O–H groups in total. The van der Waals surface area contributed by atoms with E-state index < -0.39 is 23.4 Å². The van der Waals surface area contributed by atoms with E-state index in [1.807, 2.05) is 0 Å². The van der Waals surface area contributed by atoms with E-state index in [4.69, 9.17) is 14.6 Å². The van der Waals surface area contributed by atoms with Gasteiger partial charge in [-0.25, -0.2) is 9.59 Å². The van der Waals surface area contributed by atoms with Gasteiger partial charge in [0.25, 0.3) is 0 Å². The van der Waals surface area contributed by atoms with E-state index in [1.165, 1.54) is 0 Å². The highest BCUT2D eigenvalue weighted by atomic mass is 16.6. The normalized spacial score (nSPS) is 11.6. The van der Waals surface area contributed by atoms with Gasteiger partial charge in [0.2, 0.25) is 0 Å². The summed E-state index contributed by atoms with van der Waals surface area (Å²) in [6.45, 7) is 14.1. The van der Waals surface area contributed by atoms with Crippen LogP contribution in [0.15, 0.2) is 12.4 Å². The van der Waals surface area contributed by atoms with Gasteiger partial charge < -0.3 is 14.6 Å². The Morgan fingerprint density at radius 3 is 2.00 bits per heavy atom. The lowest BCUT2D eigenvalue weighted by atomic mass is 10.2. The Balaban J connectivity index is 4.84. The number of aliphatic hydroxyl groups excluding tert-OH is 1. The van der Waals surface area contributed by atoms with Crippen LogP contribution in [0, 0.1) is 0 Å². The summed E-state index contributed by atoms with van der Waals surface area (Å²) in [7, 11) is 0. The summed E-state index contributed by atoms with van der Waals surface area (Å²) in [6, 6.07) is 0. The number of ether oxygens (including phenoxy) is 2. The lowest BCUT2D eigenvalue weighted by Gasteiger charge is -2.29. The molecule has 0 radical (unpaired) electrons. The maximum atomic E-state index is 12.1. The van der Waals surface area contributed by atoms with Crippen LogP contribution in [0.25, 0.3) is 0 Å². The van der Waals surface area contributed by atoms with Gasteiger partial charge in [-0.05, 0) is 48.0 Å². The molecule has 0 aliphatic heterocycles. The second-order valence-corrected chi connectivity index (χ2v) is 6.78. The van der Waals surface area contributed by atoms with Crippen molar-refractivity contribution in [3.8, 4) is 0 Å². The molecule has 0 aromatic rings. The van der Waals surface area contributed by atoms with Crippen LogP contribution in [0.2, 0.25) is 0 Å². The number of alkyl carbamates (subject to hydrolysis) is 1. The molecule has 0 saturated heterocycles. The standard InChI is InChI=1S/C15H28N2O5/c1-11(16-12(19)21-14(2,3)4)17(9-8-10-18)13(20)22-15(5,6)7/h18H,1,8-10H2,2-7H3,(H,16,19). The zero-order chi connectivity index (χ0) is 17.6.